The van der Waals surface area contributed by atoms with Gasteiger partial charge >= 0.3 is 0 Å². The molecule has 0 radical (unpaired) electrons. The number of nitrogens with zero attached hydrogens (tertiary/aromatic N) is 4. The van der Waals surface area contributed by atoms with Crippen LogP contribution in [0.4, 0.5) is 0 Å². The van der Waals surface area contributed by atoms with Crippen molar-refractivity contribution in [1.29, 1.82) is 0 Å². The molecule has 1 N–H and O–H groups in total. The summed E-state index contributed by atoms with van der Waals surface area (Å²) in [6.07, 6.45) is 3.27. The summed E-state index contributed by atoms with van der Waals surface area (Å²) in [6, 6.07) is 25.5. The molecule has 0 saturated heterocycles. The highest BCUT2D eigenvalue weighted by atomic mass is 16.2. The Labute approximate surface area is 216 Å². The van der Waals surface area contributed by atoms with E-state index in [1.807, 2.05) is 108 Å². The lowest BCUT2D eigenvalue weighted by Gasteiger charge is -2.29. The van der Waals surface area contributed by atoms with Gasteiger partial charge in [-0.1, -0.05) is 48.5 Å². The number of hydrogen-bond donors (Lipinski definition) is 1. The minimum absolute atomic E-state index is 0.0283. The zero-order valence-electron chi connectivity index (χ0n) is 21.4. The van der Waals surface area contributed by atoms with E-state index in [0.29, 0.717) is 30.8 Å². The molecule has 2 heterocycles. The average molecular weight is 494 g/mol. The van der Waals surface area contributed by atoms with Crippen LogP contribution in [-0.2, 0) is 20.5 Å². The van der Waals surface area contributed by atoms with Gasteiger partial charge in [-0.05, 0) is 48.7 Å². The Morgan fingerprint density at radius 2 is 1.65 bits per heavy atom. The summed E-state index contributed by atoms with van der Waals surface area (Å²) in [5.41, 5.74) is 4.55. The first-order chi connectivity index (χ1) is 17.9. The van der Waals surface area contributed by atoms with Crippen molar-refractivity contribution in [3.8, 4) is 0 Å². The molecule has 2 aromatic heterocycles. The Bertz CT molecular complexity index is 1570. The first-order valence-electron chi connectivity index (χ1n) is 12.5. The molecule has 1 unspecified atom stereocenters. The molecule has 5 rings (SSSR count). The number of carbonyl (C=O) groups is 2. The number of amides is 2. The van der Waals surface area contributed by atoms with Crippen molar-refractivity contribution in [2.75, 3.05) is 13.6 Å². The van der Waals surface area contributed by atoms with Gasteiger partial charge in [0.25, 0.3) is 11.8 Å². The zero-order valence-corrected chi connectivity index (χ0v) is 21.4. The normalized spacial score (nSPS) is 12.1. The van der Waals surface area contributed by atoms with Crippen LogP contribution in [-0.4, -0.2) is 50.5 Å². The second kappa shape index (κ2) is 10.3. The maximum atomic E-state index is 13.7. The first-order valence-corrected chi connectivity index (χ1v) is 12.5. The number of rotatable bonds is 8. The molecule has 0 aliphatic rings. The number of nitrogens with one attached hydrogen (secondary N) is 1. The van der Waals surface area contributed by atoms with Gasteiger partial charge in [-0.2, -0.15) is 0 Å². The molecule has 1 atom stereocenters. The lowest BCUT2D eigenvalue weighted by molar-refractivity contribution is 0.0724. The lowest BCUT2D eigenvalue weighted by Crippen LogP contribution is -2.41. The lowest BCUT2D eigenvalue weighted by atomic mass is 10.0. The van der Waals surface area contributed by atoms with E-state index < -0.39 is 0 Å². The number of fused-ring (bicyclic) bond motifs is 2. The minimum atomic E-state index is -0.222. The maximum absolute atomic E-state index is 13.7. The standard InChI is InChI=1S/C30H31N5O2/c1-33-19-17-23-24(12-9-15-26(23)33)30(37)34(2)22(20-21-10-5-4-6-11-21)16-18-31-29(36)28-32-25-13-7-8-14-27(25)35(28)3/h4-15,17,19,22H,16,18,20H2,1-3H3,(H,31,36). The molecular formula is C30H31N5O2. The highest BCUT2D eigenvalue weighted by Crippen LogP contribution is 2.23. The first kappa shape index (κ1) is 24.3. The SMILES string of the molecule is CN(C(=O)c1cccc2c1ccn2C)C(CCNC(=O)c1nc2ccccc2n1C)Cc1ccccc1. The molecule has 0 bridgehead atoms. The smallest absolute Gasteiger partial charge is 0.287 e. The van der Waals surface area contributed by atoms with E-state index in [1.165, 1.54) is 0 Å². The van der Waals surface area contributed by atoms with Crippen LogP contribution >= 0.6 is 0 Å². The second-order valence-corrected chi connectivity index (χ2v) is 9.45. The third kappa shape index (κ3) is 4.85. The predicted octanol–water partition coefficient (Wildman–Crippen LogP) is 4.57. The van der Waals surface area contributed by atoms with Gasteiger partial charge in [0.05, 0.1) is 11.0 Å². The van der Waals surface area contributed by atoms with Crippen molar-refractivity contribution in [1.82, 2.24) is 24.3 Å². The van der Waals surface area contributed by atoms with Crippen LogP contribution in [0.15, 0.2) is 85.1 Å². The molecule has 5 aromatic rings. The van der Waals surface area contributed by atoms with Crippen molar-refractivity contribution in [2.45, 2.75) is 18.9 Å². The fraction of sp³-hybridized carbons (Fsp3) is 0.233. The Hall–Kier alpha value is -4.39. The number of likely N-dealkylation sites (N-methyl/N-ethyl adjacent to an activating group) is 1. The summed E-state index contributed by atoms with van der Waals surface area (Å²) in [5, 5.41) is 3.96. The van der Waals surface area contributed by atoms with Crippen LogP contribution in [0.5, 0.6) is 0 Å². The van der Waals surface area contributed by atoms with E-state index in [-0.39, 0.29) is 17.9 Å². The summed E-state index contributed by atoms with van der Waals surface area (Å²) in [6.45, 7) is 0.423. The van der Waals surface area contributed by atoms with E-state index in [1.54, 1.807) is 0 Å². The van der Waals surface area contributed by atoms with Gasteiger partial charge in [-0.3, -0.25) is 9.59 Å². The van der Waals surface area contributed by atoms with E-state index >= 15 is 0 Å². The monoisotopic (exact) mass is 493 g/mol. The van der Waals surface area contributed by atoms with Crippen molar-refractivity contribution in [3.05, 3.63) is 102 Å². The number of benzene rings is 3. The third-order valence-electron chi connectivity index (χ3n) is 7.09. The van der Waals surface area contributed by atoms with Gasteiger partial charge in [-0.25, -0.2) is 4.98 Å². The van der Waals surface area contributed by atoms with E-state index in [2.05, 4.69) is 22.4 Å². The third-order valence-corrected chi connectivity index (χ3v) is 7.09. The quantitative estimate of drug-likeness (QED) is 0.344. The zero-order chi connectivity index (χ0) is 25.9. The molecule has 37 heavy (non-hydrogen) atoms. The molecule has 3 aromatic carbocycles. The number of carbonyl (C=O) groups excluding carboxylic acids is 2. The Morgan fingerprint density at radius 3 is 2.43 bits per heavy atom. The second-order valence-electron chi connectivity index (χ2n) is 9.45. The van der Waals surface area contributed by atoms with Crippen LogP contribution < -0.4 is 5.32 Å². The summed E-state index contributed by atoms with van der Waals surface area (Å²) >= 11 is 0. The Balaban J connectivity index is 1.34. The molecule has 0 fully saturated rings. The number of hydrogen-bond acceptors (Lipinski definition) is 3. The highest BCUT2D eigenvalue weighted by Gasteiger charge is 2.24. The van der Waals surface area contributed by atoms with Crippen molar-refractivity contribution < 1.29 is 9.59 Å². The Kier molecular flexibility index (Phi) is 6.77. The van der Waals surface area contributed by atoms with Gasteiger partial charge in [0.15, 0.2) is 5.82 Å². The summed E-state index contributed by atoms with van der Waals surface area (Å²) < 4.78 is 3.83. The van der Waals surface area contributed by atoms with Gasteiger partial charge in [0, 0.05) is 56.4 Å². The van der Waals surface area contributed by atoms with Crippen molar-refractivity contribution in [2.24, 2.45) is 14.1 Å². The van der Waals surface area contributed by atoms with Crippen molar-refractivity contribution >= 4 is 33.8 Å². The number of para-hydroxylation sites is 2. The van der Waals surface area contributed by atoms with Crippen LogP contribution in [0, 0.1) is 0 Å². The van der Waals surface area contributed by atoms with Crippen LogP contribution in [0.3, 0.4) is 0 Å². The highest BCUT2D eigenvalue weighted by molar-refractivity contribution is 6.06. The molecule has 0 aliphatic carbocycles. The fourth-order valence-corrected chi connectivity index (χ4v) is 4.94. The largest absolute Gasteiger partial charge is 0.351 e. The summed E-state index contributed by atoms with van der Waals surface area (Å²) in [7, 11) is 5.68. The van der Waals surface area contributed by atoms with E-state index in [9.17, 15) is 9.59 Å². The van der Waals surface area contributed by atoms with E-state index in [4.69, 9.17) is 0 Å². The molecule has 7 nitrogen and oxygen atoms in total. The molecular weight excluding hydrogens is 462 g/mol. The molecule has 0 spiro atoms. The molecule has 188 valence electrons. The number of imidazole rings is 1. The van der Waals surface area contributed by atoms with Gasteiger partial charge in [0.1, 0.15) is 0 Å². The summed E-state index contributed by atoms with van der Waals surface area (Å²) in [4.78, 5) is 33.0. The Morgan fingerprint density at radius 1 is 0.919 bits per heavy atom. The van der Waals surface area contributed by atoms with Crippen LogP contribution in [0.1, 0.15) is 33.0 Å². The molecule has 0 aliphatic heterocycles. The maximum Gasteiger partial charge on any atom is 0.287 e. The number of aromatic nitrogens is 3. The van der Waals surface area contributed by atoms with Crippen LogP contribution in [0.2, 0.25) is 0 Å². The summed E-state index contributed by atoms with van der Waals surface area (Å²) in [5.74, 6) is 0.126. The predicted molar refractivity (Wildman–Crippen MR) is 147 cm³/mol. The minimum Gasteiger partial charge on any atom is -0.351 e. The number of aryl methyl sites for hydroxylation is 2. The van der Waals surface area contributed by atoms with Gasteiger partial charge in [-0.15, -0.1) is 0 Å². The fourth-order valence-electron chi connectivity index (χ4n) is 4.94. The molecule has 2 amide bonds. The average Bonchev–Trinajstić information content (AvgIpc) is 3.47. The van der Waals surface area contributed by atoms with Crippen molar-refractivity contribution in [3.63, 3.8) is 0 Å². The van der Waals surface area contributed by atoms with Gasteiger partial charge in [0.2, 0.25) is 0 Å². The molecule has 0 saturated carbocycles. The van der Waals surface area contributed by atoms with Gasteiger partial charge < -0.3 is 19.4 Å². The van der Waals surface area contributed by atoms with Crippen LogP contribution in [0.25, 0.3) is 21.9 Å². The molecule has 7 heteroatoms. The van der Waals surface area contributed by atoms with E-state index in [0.717, 1.165) is 27.5 Å². The topological polar surface area (TPSA) is 72.2 Å².